The third kappa shape index (κ3) is 4.51. The normalized spacial score (nSPS) is 10.7. The van der Waals surface area contributed by atoms with Crippen molar-refractivity contribution in [3.05, 3.63) is 66.7 Å². The Kier molecular flexibility index (Phi) is 5.12. The van der Waals surface area contributed by atoms with Crippen molar-refractivity contribution in [3.63, 3.8) is 0 Å². The standard InChI is InChI=1S/C16H14N2O5S/c1-2-15(19)23-13-7-3-11(4-8-13)16(20)18-12-5-9-14(10-6-12)24(17,21)22/h2-10H,1H2,(H,18,20)(H2,17,21,22). The average molecular weight is 346 g/mol. The lowest BCUT2D eigenvalue weighted by molar-refractivity contribution is -0.128. The Morgan fingerprint density at radius 3 is 2.12 bits per heavy atom. The fourth-order valence-corrected chi connectivity index (χ4v) is 2.28. The molecule has 2 rings (SSSR count). The van der Waals surface area contributed by atoms with Gasteiger partial charge in [-0.15, -0.1) is 0 Å². The molecule has 124 valence electrons. The Balaban J connectivity index is 2.07. The number of esters is 1. The molecule has 0 bridgehead atoms. The Morgan fingerprint density at radius 1 is 1.04 bits per heavy atom. The molecule has 24 heavy (non-hydrogen) atoms. The van der Waals surface area contributed by atoms with Gasteiger partial charge in [-0.1, -0.05) is 6.58 Å². The minimum Gasteiger partial charge on any atom is -0.423 e. The van der Waals surface area contributed by atoms with Crippen LogP contribution in [0.4, 0.5) is 5.69 Å². The number of hydrogen-bond acceptors (Lipinski definition) is 5. The maximum atomic E-state index is 12.1. The number of hydrogen-bond donors (Lipinski definition) is 2. The van der Waals surface area contributed by atoms with Crippen molar-refractivity contribution in [2.75, 3.05) is 5.32 Å². The zero-order valence-electron chi connectivity index (χ0n) is 12.4. The molecule has 0 spiro atoms. The van der Waals surface area contributed by atoms with Crippen LogP contribution in [0.25, 0.3) is 0 Å². The lowest BCUT2D eigenvalue weighted by Crippen LogP contribution is -2.14. The van der Waals surface area contributed by atoms with Crippen LogP contribution in [0.3, 0.4) is 0 Å². The summed E-state index contributed by atoms with van der Waals surface area (Å²) >= 11 is 0. The molecule has 0 saturated heterocycles. The van der Waals surface area contributed by atoms with Crippen LogP contribution in [0.15, 0.2) is 66.1 Å². The molecule has 8 heteroatoms. The number of nitrogens with one attached hydrogen (secondary N) is 1. The van der Waals surface area contributed by atoms with Crippen molar-refractivity contribution in [2.45, 2.75) is 4.90 Å². The van der Waals surface area contributed by atoms with Crippen LogP contribution >= 0.6 is 0 Å². The Morgan fingerprint density at radius 2 is 1.62 bits per heavy atom. The maximum absolute atomic E-state index is 12.1. The van der Waals surface area contributed by atoms with E-state index in [1.165, 1.54) is 48.5 Å². The monoisotopic (exact) mass is 346 g/mol. The summed E-state index contributed by atoms with van der Waals surface area (Å²) in [4.78, 5) is 23.1. The second kappa shape index (κ2) is 7.07. The van der Waals surface area contributed by atoms with Gasteiger partial charge in [-0.05, 0) is 48.5 Å². The van der Waals surface area contributed by atoms with Crippen molar-refractivity contribution in [1.82, 2.24) is 0 Å². The largest absolute Gasteiger partial charge is 0.423 e. The van der Waals surface area contributed by atoms with Crippen LogP contribution in [-0.4, -0.2) is 20.3 Å². The topological polar surface area (TPSA) is 116 Å². The fourth-order valence-electron chi connectivity index (χ4n) is 1.76. The second-order valence-electron chi connectivity index (χ2n) is 4.67. The summed E-state index contributed by atoms with van der Waals surface area (Å²) in [7, 11) is -3.78. The smallest absolute Gasteiger partial charge is 0.335 e. The van der Waals surface area contributed by atoms with Gasteiger partial charge in [0.15, 0.2) is 0 Å². The molecule has 0 heterocycles. The first kappa shape index (κ1) is 17.4. The zero-order chi connectivity index (χ0) is 17.7. The highest BCUT2D eigenvalue weighted by Crippen LogP contribution is 2.16. The number of primary sulfonamides is 1. The molecule has 0 unspecified atom stereocenters. The first-order valence-corrected chi connectivity index (χ1v) is 8.23. The number of anilines is 1. The van der Waals surface area contributed by atoms with Crippen molar-refractivity contribution in [2.24, 2.45) is 5.14 Å². The number of sulfonamides is 1. The van der Waals surface area contributed by atoms with Gasteiger partial charge in [0.25, 0.3) is 5.91 Å². The highest BCUT2D eigenvalue weighted by atomic mass is 32.2. The highest BCUT2D eigenvalue weighted by Gasteiger charge is 2.10. The maximum Gasteiger partial charge on any atom is 0.335 e. The summed E-state index contributed by atoms with van der Waals surface area (Å²) in [5.74, 6) is -0.712. The predicted molar refractivity (Wildman–Crippen MR) is 88.0 cm³/mol. The molecular formula is C16H14N2O5S. The van der Waals surface area contributed by atoms with Crippen molar-refractivity contribution in [3.8, 4) is 5.75 Å². The van der Waals surface area contributed by atoms with E-state index < -0.39 is 21.9 Å². The molecule has 0 aliphatic rings. The van der Waals surface area contributed by atoms with Crippen molar-refractivity contribution >= 4 is 27.6 Å². The van der Waals surface area contributed by atoms with Crippen LogP contribution < -0.4 is 15.2 Å². The SMILES string of the molecule is C=CC(=O)Oc1ccc(C(=O)Nc2ccc(S(N)(=O)=O)cc2)cc1. The van der Waals surface area contributed by atoms with Gasteiger partial charge in [0.1, 0.15) is 5.75 Å². The van der Waals surface area contributed by atoms with E-state index in [0.29, 0.717) is 11.3 Å². The molecule has 0 fully saturated rings. The van der Waals surface area contributed by atoms with E-state index in [4.69, 9.17) is 9.88 Å². The molecule has 0 saturated carbocycles. The predicted octanol–water partition coefficient (Wildman–Crippen LogP) is 1.68. The van der Waals surface area contributed by atoms with Crippen molar-refractivity contribution < 1.29 is 22.7 Å². The molecule has 0 atom stereocenters. The molecule has 0 aliphatic carbocycles. The lowest BCUT2D eigenvalue weighted by atomic mass is 10.2. The van der Waals surface area contributed by atoms with E-state index in [1.807, 2.05) is 0 Å². The highest BCUT2D eigenvalue weighted by molar-refractivity contribution is 7.89. The fraction of sp³-hybridized carbons (Fsp3) is 0. The number of amides is 1. The van der Waals surface area contributed by atoms with E-state index in [-0.39, 0.29) is 10.6 Å². The Bertz CT molecular complexity index is 872. The second-order valence-corrected chi connectivity index (χ2v) is 6.23. The van der Waals surface area contributed by atoms with E-state index in [0.717, 1.165) is 6.08 Å². The van der Waals surface area contributed by atoms with Gasteiger partial charge in [-0.2, -0.15) is 0 Å². The Hall–Kier alpha value is -2.97. The molecule has 0 aromatic heterocycles. The molecule has 1 amide bonds. The summed E-state index contributed by atoms with van der Waals surface area (Å²) in [5, 5.41) is 7.61. The van der Waals surface area contributed by atoms with Crippen molar-refractivity contribution in [1.29, 1.82) is 0 Å². The number of rotatable bonds is 5. The average Bonchev–Trinajstić information content (AvgIpc) is 2.55. The van der Waals surface area contributed by atoms with E-state index >= 15 is 0 Å². The quantitative estimate of drug-likeness (QED) is 0.485. The van der Waals surface area contributed by atoms with Crippen LogP contribution in [0, 0.1) is 0 Å². The van der Waals surface area contributed by atoms with Gasteiger partial charge in [-0.3, -0.25) is 4.79 Å². The summed E-state index contributed by atoms with van der Waals surface area (Å²) in [6, 6.07) is 11.4. The number of carbonyl (C=O) groups is 2. The van der Waals surface area contributed by atoms with Gasteiger partial charge in [0.05, 0.1) is 4.90 Å². The molecule has 2 aromatic rings. The van der Waals surface area contributed by atoms with Gasteiger partial charge < -0.3 is 10.1 Å². The van der Waals surface area contributed by atoms with E-state index in [1.54, 1.807) is 0 Å². The minimum absolute atomic E-state index is 0.0473. The number of nitrogens with two attached hydrogens (primary N) is 1. The van der Waals surface area contributed by atoms with Gasteiger partial charge >= 0.3 is 5.97 Å². The zero-order valence-corrected chi connectivity index (χ0v) is 13.2. The van der Waals surface area contributed by atoms with Gasteiger partial charge in [0, 0.05) is 17.3 Å². The summed E-state index contributed by atoms with van der Waals surface area (Å²) in [6.07, 6.45) is 1.03. The third-order valence-electron chi connectivity index (χ3n) is 2.94. The van der Waals surface area contributed by atoms with E-state index in [9.17, 15) is 18.0 Å². The summed E-state index contributed by atoms with van der Waals surface area (Å²) in [6.45, 7) is 3.29. The first-order chi connectivity index (χ1) is 11.3. The summed E-state index contributed by atoms with van der Waals surface area (Å²) < 4.78 is 27.2. The molecule has 7 nitrogen and oxygen atoms in total. The number of carbonyl (C=O) groups excluding carboxylic acids is 2. The molecular weight excluding hydrogens is 332 g/mol. The van der Waals surface area contributed by atoms with Crippen LogP contribution in [0.1, 0.15) is 10.4 Å². The molecule has 0 radical (unpaired) electrons. The molecule has 3 N–H and O–H groups in total. The van der Waals surface area contributed by atoms with Gasteiger partial charge in [-0.25, -0.2) is 18.4 Å². The van der Waals surface area contributed by atoms with Gasteiger partial charge in [0.2, 0.25) is 10.0 Å². The number of benzene rings is 2. The van der Waals surface area contributed by atoms with E-state index in [2.05, 4.69) is 11.9 Å². The third-order valence-corrected chi connectivity index (χ3v) is 3.87. The van der Waals surface area contributed by atoms with Crippen LogP contribution in [0.2, 0.25) is 0 Å². The molecule has 0 aliphatic heterocycles. The summed E-state index contributed by atoms with van der Waals surface area (Å²) in [5.41, 5.74) is 0.749. The van der Waals surface area contributed by atoms with Crippen LogP contribution in [0.5, 0.6) is 5.75 Å². The minimum atomic E-state index is -3.78. The number of ether oxygens (including phenoxy) is 1. The van der Waals surface area contributed by atoms with Crippen LogP contribution in [-0.2, 0) is 14.8 Å². The lowest BCUT2D eigenvalue weighted by Gasteiger charge is -2.07. The Labute approximate surface area is 138 Å². The first-order valence-electron chi connectivity index (χ1n) is 6.68. The molecule has 2 aromatic carbocycles.